The maximum atomic E-state index is 11.6. The molecule has 0 saturated carbocycles. The Balaban J connectivity index is 2.66. The molecule has 1 atom stereocenters. The number of benzene rings is 1. The molecule has 1 unspecified atom stereocenters. The van der Waals surface area contributed by atoms with E-state index in [1.165, 1.54) is 5.56 Å². The molecule has 0 radical (unpaired) electrons. The third-order valence-electron chi connectivity index (χ3n) is 2.85. The fraction of sp³-hybridized carbons (Fsp3) is 0.533. The van der Waals surface area contributed by atoms with Crippen LogP contribution in [-0.4, -0.2) is 30.8 Å². The molecule has 19 heavy (non-hydrogen) atoms. The van der Waals surface area contributed by atoms with E-state index in [0.29, 0.717) is 6.54 Å². The minimum Gasteiger partial charge on any atom is -0.394 e. The molecule has 0 fully saturated rings. The number of ether oxygens (including phenoxy) is 1. The minimum absolute atomic E-state index is 0.00436. The number of hydrogen-bond acceptors (Lipinski definition) is 3. The van der Waals surface area contributed by atoms with Crippen LogP contribution < -0.4 is 5.32 Å². The van der Waals surface area contributed by atoms with Crippen LogP contribution in [0.2, 0.25) is 0 Å². The Labute approximate surface area is 114 Å². The molecule has 4 heteroatoms. The van der Waals surface area contributed by atoms with E-state index in [9.17, 15) is 4.79 Å². The van der Waals surface area contributed by atoms with Crippen molar-refractivity contribution in [1.29, 1.82) is 0 Å². The second-order valence-corrected chi connectivity index (χ2v) is 4.89. The van der Waals surface area contributed by atoms with Crippen molar-refractivity contribution in [2.24, 2.45) is 5.92 Å². The normalized spacial score (nSPS) is 12.5. The molecule has 0 aliphatic heterocycles. The Bertz CT molecular complexity index is 387. The van der Waals surface area contributed by atoms with Gasteiger partial charge in [0.05, 0.1) is 19.3 Å². The van der Waals surface area contributed by atoms with E-state index in [-0.39, 0.29) is 31.1 Å². The van der Waals surface area contributed by atoms with Gasteiger partial charge in [-0.15, -0.1) is 0 Å². The van der Waals surface area contributed by atoms with Crippen LogP contribution in [-0.2, 0) is 9.53 Å². The van der Waals surface area contributed by atoms with Gasteiger partial charge in [0.1, 0.15) is 0 Å². The Morgan fingerprint density at radius 2 is 1.95 bits per heavy atom. The van der Waals surface area contributed by atoms with Gasteiger partial charge in [-0.3, -0.25) is 4.79 Å². The summed E-state index contributed by atoms with van der Waals surface area (Å²) >= 11 is 0. The Hall–Kier alpha value is -1.39. The molecule has 1 amide bonds. The second-order valence-electron chi connectivity index (χ2n) is 4.89. The summed E-state index contributed by atoms with van der Waals surface area (Å²) in [7, 11) is 0. The molecule has 1 aromatic rings. The SMILES string of the molecule is Cc1ccc(C(CNC(=O)C(C)C)OCCO)cc1. The first-order valence-corrected chi connectivity index (χ1v) is 6.61. The second kappa shape index (κ2) is 7.92. The van der Waals surface area contributed by atoms with E-state index in [2.05, 4.69) is 5.32 Å². The highest BCUT2D eigenvalue weighted by Crippen LogP contribution is 2.17. The van der Waals surface area contributed by atoms with E-state index in [0.717, 1.165) is 5.56 Å². The zero-order valence-electron chi connectivity index (χ0n) is 11.8. The average Bonchev–Trinajstić information content (AvgIpc) is 2.39. The molecule has 0 spiro atoms. The highest BCUT2D eigenvalue weighted by atomic mass is 16.5. The Morgan fingerprint density at radius 3 is 2.47 bits per heavy atom. The van der Waals surface area contributed by atoms with Crippen LogP contribution >= 0.6 is 0 Å². The zero-order valence-corrected chi connectivity index (χ0v) is 11.8. The first-order chi connectivity index (χ1) is 9.04. The van der Waals surface area contributed by atoms with Crippen molar-refractivity contribution >= 4 is 5.91 Å². The summed E-state index contributed by atoms with van der Waals surface area (Å²) in [5.74, 6) is -0.0405. The van der Waals surface area contributed by atoms with Crippen LogP contribution in [0.5, 0.6) is 0 Å². The standard InChI is InChI=1S/C15H23NO3/c1-11(2)15(18)16-10-14(19-9-8-17)13-6-4-12(3)5-7-13/h4-7,11,14,17H,8-10H2,1-3H3,(H,16,18). The van der Waals surface area contributed by atoms with Crippen LogP contribution in [0.25, 0.3) is 0 Å². The number of carbonyl (C=O) groups excluding carboxylic acids is 1. The lowest BCUT2D eigenvalue weighted by Gasteiger charge is -2.19. The predicted octanol–water partition coefficient (Wildman–Crippen LogP) is 1.82. The number of aliphatic hydroxyl groups is 1. The molecule has 4 nitrogen and oxygen atoms in total. The van der Waals surface area contributed by atoms with Crippen LogP contribution in [0, 0.1) is 12.8 Å². The monoisotopic (exact) mass is 265 g/mol. The van der Waals surface area contributed by atoms with Crippen molar-refractivity contribution in [3.63, 3.8) is 0 Å². The van der Waals surface area contributed by atoms with Gasteiger partial charge in [0, 0.05) is 12.5 Å². The molecule has 0 bridgehead atoms. The van der Waals surface area contributed by atoms with Crippen molar-refractivity contribution in [3.8, 4) is 0 Å². The molecule has 2 N–H and O–H groups in total. The van der Waals surface area contributed by atoms with Gasteiger partial charge in [0.15, 0.2) is 0 Å². The summed E-state index contributed by atoms with van der Waals surface area (Å²) in [5.41, 5.74) is 2.18. The maximum Gasteiger partial charge on any atom is 0.222 e. The summed E-state index contributed by atoms with van der Waals surface area (Å²) in [6, 6.07) is 7.99. The molecule has 0 saturated heterocycles. The van der Waals surface area contributed by atoms with Gasteiger partial charge in [-0.25, -0.2) is 0 Å². The smallest absolute Gasteiger partial charge is 0.222 e. The minimum atomic E-state index is -0.226. The average molecular weight is 265 g/mol. The number of amides is 1. The van der Waals surface area contributed by atoms with Crippen molar-refractivity contribution in [2.75, 3.05) is 19.8 Å². The molecule has 0 aliphatic carbocycles. The topological polar surface area (TPSA) is 58.6 Å². The van der Waals surface area contributed by atoms with Crippen LogP contribution in [0.1, 0.15) is 31.1 Å². The number of rotatable bonds is 7. The van der Waals surface area contributed by atoms with Crippen molar-refractivity contribution in [1.82, 2.24) is 5.32 Å². The fourth-order valence-corrected chi connectivity index (χ4v) is 1.65. The van der Waals surface area contributed by atoms with Gasteiger partial charge in [-0.2, -0.15) is 0 Å². The molecular weight excluding hydrogens is 242 g/mol. The van der Waals surface area contributed by atoms with E-state index >= 15 is 0 Å². The van der Waals surface area contributed by atoms with Crippen LogP contribution in [0.15, 0.2) is 24.3 Å². The number of carbonyl (C=O) groups is 1. The summed E-state index contributed by atoms with van der Waals surface area (Å²) in [4.78, 5) is 11.6. The zero-order chi connectivity index (χ0) is 14.3. The third-order valence-corrected chi connectivity index (χ3v) is 2.85. The first-order valence-electron chi connectivity index (χ1n) is 6.61. The number of aliphatic hydroxyl groups excluding tert-OH is 1. The van der Waals surface area contributed by atoms with Gasteiger partial charge < -0.3 is 15.2 Å². The summed E-state index contributed by atoms with van der Waals surface area (Å²) in [6.45, 7) is 6.38. The van der Waals surface area contributed by atoms with Gasteiger partial charge in [0.2, 0.25) is 5.91 Å². The number of nitrogens with one attached hydrogen (secondary N) is 1. The summed E-state index contributed by atoms with van der Waals surface area (Å²) < 4.78 is 5.58. The molecule has 0 heterocycles. The van der Waals surface area contributed by atoms with Crippen LogP contribution in [0.4, 0.5) is 0 Å². The fourth-order valence-electron chi connectivity index (χ4n) is 1.65. The van der Waals surface area contributed by atoms with E-state index < -0.39 is 0 Å². The van der Waals surface area contributed by atoms with Crippen molar-refractivity contribution < 1.29 is 14.6 Å². The lowest BCUT2D eigenvalue weighted by atomic mass is 10.1. The quantitative estimate of drug-likeness (QED) is 0.790. The molecule has 0 aliphatic rings. The highest BCUT2D eigenvalue weighted by molar-refractivity contribution is 5.77. The molecule has 1 rings (SSSR count). The molecular formula is C15H23NO3. The highest BCUT2D eigenvalue weighted by Gasteiger charge is 2.14. The summed E-state index contributed by atoms with van der Waals surface area (Å²) in [6.07, 6.45) is -0.226. The van der Waals surface area contributed by atoms with Gasteiger partial charge in [-0.05, 0) is 12.5 Å². The molecule has 106 valence electrons. The third kappa shape index (κ3) is 5.41. The Kier molecular flexibility index (Phi) is 6.53. The van der Waals surface area contributed by atoms with Crippen molar-refractivity contribution in [2.45, 2.75) is 26.9 Å². The number of aryl methyl sites for hydroxylation is 1. The number of hydrogen-bond donors (Lipinski definition) is 2. The largest absolute Gasteiger partial charge is 0.394 e. The predicted molar refractivity (Wildman–Crippen MR) is 74.8 cm³/mol. The van der Waals surface area contributed by atoms with E-state index in [1.54, 1.807) is 0 Å². The lowest BCUT2D eigenvalue weighted by Crippen LogP contribution is -2.32. The first kappa shape index (κ1) is 15.7. The van der Waals surface area contributed by atoms with E-state index in [4.69, 9.17) is 9.84 Å². The maximum absolute atomic E-state index is 11.6. The van der Waals surface area contributed by atoms with Crippen LogP contribution in [0.3, 0.4) is 0 Å². The van der Waals surface area contributed by atoms with Gasteiger partial charge >= 0.3 is 0 Å². The molecule has 1 aromatic carbocycles. The summed E-state index contributed by atoms with van der Waals surface area (Å²) in [5, 5.41) is 11.7. The lowest BCUT2D eigenvalue weighted by molar-refractivity contribution is -0.124. The van der Waals surface area contributed by atoms with Gasteiger partial charge in [0.25, 0.3) is 0 Å². The van der Waals surface area contributed by atoms with Gasteiger partial charge in [-0.1, -0.05) is 43.7 Å². The Morgan fingerprint density at radius 1 is 1.32 bits per heavy atom. The van der Waals surface area contributed by atoms with Crippen molar-refractivity contribution in [3.05, 3.63) is 35.4 Å². The molecule has 0 aromatic heterocycles. The van der Waals surface area contributed by atoms with E-state index in [1.807, 2.05) is 45.0 Å².